The molecule has 0 spiro atoms. The van der Waals surface area contributed by atoms with Crippen molar-refractivity contribution in [2.75, 3.05) is 14.1 Å². The zero-order valence-corrected chi connectivity index (χ0v) is 10.8. The number of aromatic nitrogens is 2. The average Bonchev–Trinajstić information content (AvgIpc) is 2.63. The standard InChI is InChI=1S/C13H17N3O2/c1-4-16-11-6-5-9(13(17)18)7-10(11)14-12(16)8-15(2)3/h5-7H,4,8H2,1-3H3,(H,17,18). The molecule has 0 amide bonds. The SMILES string of the molecule is CCn1c(CN(C)C)nc2cc(C(=O)O)ccc21. The van der Waals surface area contributed by atoms with Gasteiger partial charge < -0.3 is 14.6 Å². The number of aryl methyl sites for hydroxylation is 1. The number of carboxylic acid groups (broad SMARTS) is 1. The van der Waals surface area contributed by atoms with E-state index in [1.165, 1.54) is 0 Å². The average molecular weight is 247 g/mol. The van der Waals surface area contributed by atoms with Crippen LogP contribution in [0.4, 0.5) is 0 Å². The molecule has 2 aromatic rings. The summed E-state index contributed by atoms with van der Waals surface area (Å²) >= 11 is 0. The maximum absolute atomic E-state index is 10.9. The van der Waals surface area contributed by atoms with Gasteiger partial charge in [0.15, 0.2) is 0 Å². The Labute approximate surface area is 106 Å². The first kappa shape index (κ1) is 12.6. The monoisotopic (exact) mass is 247 g/mol. The van der Waals surface area contributed by atoms with Gasteiger partial charge in [0.05, 0.1) is 23.1 Å². The van der Waals surface area contributed by atoms with Crippen molar-refractivity contribution in [2.24, 2.45) is 0 Å². The highest BCUT2D eigenvalue weighted by Crippen LogP contribution is 2.18. The maximum Gasteiger partial charge on any atom is 0.335 e. The van der Waals surface area contributed by atoms with Gasteiger partial charge >= 0.3 is 5.97 Å². The lowest BCUT2D eigenvalue weighted by atomic mass is 10.2. The molecule has 0 aliphatic rings. The van der Waals surface area contributed by atoms with Crippen LogP contribution in [0.25, 0.3) is 11.0 Å². The van der Waals surface area contributed by atoms with Crippen molar-refractivity contribution >= 4 is 17.0 Å². The van der Waals surface area contributed by atoms with E-state index in [1.54, 1.807) is 12.1 Å². The lowest BCUT2D eigenvalue weighted by molar-refractivity contribution is 0.0697. The number of fused-ring (bicyclic) bond motifs is 1. The Morgan fingerprint density at radius 2 is 2.17 bits per heavy atom. The van der Waals surface area contributed by atoms with Crippen LogP contribution in [0, 0.1) is 0 Å². The second-order valence-electron chi connectivity index (χ2n) is 4.52. The van der Waals surface area contributed by atoms with Crippen LogP contribution in [0.5, 0.6) is 0 Å². The Kier molecular flexibility index (Phi) is 3.34. The van der Waals surface area contributed by atoms with Gasteiger partial charge in [0.25, 0.3) is 0 Å². The summed E-state index contributed by atoms with van der Waals surface area (Å²) in [6.07, 6.45) is 0. The molecule has 1 aromatic heterocycles. The maximum atomic E-state index is 10.9. The Morgan fingerprint density at radius 3 is 2.72 bits per heavy atom. The van der Waals surface area contributed by atoms with E-state index in [0.717, 1.165) is 29.9 Å². The van der Waals surface area contributed by atoms with Crippen LogP contribution >= 0.6 is 0 Å². The molecule has 2 rings (SSSR count). The summed E-state index contributed by atoms with van der Waals surface area (Å²) in [5.74, 6) is 0.0390. The fourth-order valence-corrected chi connectivity index (χ4v) is 2.07. The number of hydrogen-bond donors (Lipinski definition) is 1. The van der Waals surface area contributed by atoms with E-state index >= 15 is 0 Å². The van der Waals surface area contributed by atoms with E-state index in [2.05, 4.69) is 16.5 Å². The summed E-state index contributed by atoms with van der Waals surface area (Å²) in [5, 5.41) is 8.98. The molecule has 0 saturated carbocycles. The fraction of sp³-hybridized carbons (Fsp3) is 0.385. The molecule has 0 unspecified atom stereocenters. The lowest BCUT2D eigenvalue weighted by Crippen LogP contribution is -2.15. The number of carbonyl (C=O) groups is 1. The Morgan fingerprint density at radius 1 is 1.44 bits per heavy atom. The number of rotatable bonds is 4. The van der Waals surface area contributed by atoms with Crippen LogP contribution in [-0.4, -0.2) is 39.6 Å². The highest BCUT2D eigenvalue weighted by atomic mass is 16.4. The minimum Gasteiger partial charge on any atom is -0.478 e. The Bertz CT molecular complexity index is 587. The van der Waals surface area contributed by atoms with Crippen molar-refractivity contribution in [1.82, 2.24) is 14.5 Å². The van der Waals surface area contributed by atoms with Gasteiger partial charge in [-0.15, -0.1) is 0 Å². The topological polar surface area (TPSA) is 58.4 Å². The first-order valence-electron chi connectivity index (χ1n) is 5.90. The zero-order chi connectivity index (χ0) is 13.3. The van der Waals surface area contributed by atoms with Crippen molar-refractivity contribution in [3.63, 3.8) is 0 Å². The largest absolute Gasteiger partial charge is 0.478 e. The third-order valence-electron chi connectivity index (χ3n) is 2.85. The number of aromatic carboxylic acids is 1. The molecule has 18 heavy (non-hydrogen) atoms. The van der Waals surface area contributed by atoms with E-state index < -0.39 is 5.97 Å². The predicted octanol–water partition coefficient (Wildman–Crippen LogP) is 1.82. The molecule has 0 saturated heterocycles. The zero-order valence-electron chi connectivity index (χ0n) is 10.8. The molecular weight excluding hydrogens is 230 g/mol. The number of hydrogen-bond acceptors (Lipinski definition) is 3. The molecular formula is C13H17N3O2. The van der Waals surface area contributed by atoms with Gasteiger partial charge in [-0.25, -0.2) is 9.78 Å². The van der Waals surface area contributed by atoms with E-state index in [-0.39, 0.29) is 5.56 Å². The quantitative estimate of drug-likeness (QED) is 0.895. The fourth-order valence-electron chi connectivity index (χ4n) is 2.07. The predicted molar refractivity (Wildman–Crippen MR) is 69.8 cm³/mol. The molecule has 0 bridgehead atoms. The molecule has 0 radical (unpaired) electrons. The van der Waals surface area contributed by atoms with Crippen LogP contribution in [-0.2, 0) is 13.1 Å². The smallest absolute Gasteiger partial charge is 0.335 e. The summed E-state index contributed by atoms with van der Waals surface area (Å²) in [7, 11) is 3.98. The van der Waals surface area contributed by atoms with Crippen LogP contribution in [0.15, 0.2) is 18.2 Å². The molecule has 1 N–H and O–H groups in total. The van der Waals surface area contributed by atoms with E-state index in [9.17, 15) is 4.79 Å². The van der Waals surface area contributed by atoms with Crippen molar-refractivity contribution in [3.05, 3.63) is 29.6 Å². The highest BCUT2D eigenvalue weighted by molar-refractivity contribution is 5.92. The summed E-state index contributed by atoms with van der Waals surface area (Å²) < 4.78 is 2.11. The number of carboxylic acids is 1. The van der Waals surface area contributed by atoms with E-state index in [0.29, 0.717) is 0 Å². The number of benzene rings is 1. The molecule has 1 heterocycles. The van der Waals surface area contributed by atoms with Gasteiger partial charge in [0, 0.05) is 6.54 Å². The molecule has 96 valence electrons. The minimum absolute atomic E-state index is 0.277. The van der Waals surface area contributed by atoms with Gasteiger partial charge in [0.1, 0.15) is 5.82 Å². The van der Waals surface area contributed by atoms with Gasteiger partial charge in [-0.05, 0) is 39.2 Å². The van der Waals surface area contributed by atoms with Crippen LogP contribution in [0.3, 0.4) is 0 Å². The normalized spacial score (nSPS) is 11.3. The van der Waals surface area contributed by atoms with Crippen LogP contribution < -0.4 is 0 Å². The Hall–Kier alpha value is -1.88. The second kappa shape index (κ2) is 4.78. The van der Waals surface area contributed by atoms with Crippen molar-refractivity contribution in [1.29, 1.82) is 0 Å². The second-order valence-corrected chi connectivity index (χ2v) is 4.52. The minimum atomic E-state index is -0.919. The van der Waals surface area contributed by atoms with Gasteiger partial charge in [-0.3, -0.25) is 0 Å². The lowest BCUT2D eigenvalue weighted by Gasteiger charge is -2.10. The molecule has 0 aliphatic carbocycles. The summed E-state index contributed by atoms with van der Waals surface area (Å²) in [4.78, 5) is 17.5. The number of nitrogens with zero attached hydrogens (tertiary/aromatic N) is 3. The molecule has 0 atom stereocenters. The van der Waals surface area contributed by atoms with E-state index in [4.69, 9.17) is 5.11 Å². The first-order valence-corrected chi connectivity index (χ1v) is 5.90. The highest BCUT2D eigenvalue weighted by Gasteiger charge is 2.12. The molecule has 1 aromatic carbocycles. The molecule has 5 nitrogen and oxygen atoms in total. The third kappa shape index (κ3) is 2.22. The van der Waals surface area contributed by atoms with Crippen molar-refractivity contribution in [3.8, 4) is 0 Å². The van der Waals surface area contributed by atoms with Crippen molar-refractivity contribution < 1.29 is 9.90 Å². The van der Waals surface area contributed by atoms with Crippen molar-refractivity contribution in [2.45, 2.75) is 20.0 Å². The molecule has 0 aliphatic heterocycles. The van der Waals surface area contributed by atoms with Crippen LogP contribution in [0.2, 0.25) is 0 Å². The van der Waals surface area contributed by atoms with Gasteiger partial charge in [-0.1, -0.05) is 0 Å². The summed E-state index contributed by atoms with van der Waals surface area (Å²) in [6, 6.07) is 5.08. The Balaban J connectivity index is 2.56. The first-order chi connectivity index (χ1) is 8.52. The number of imidazole rings is 1. The summed E-state index contributed by atoms with van der Waals surface area (Å²) in [6.45, 7) is 3.63. The van der Waals surface area contributed by atoms with E-state index in [1.807, 2.05) is 25.1 Å². The van der Waals surface area contributed by atoms with Gasteiger partial charge in [0.2, 0.25) is 0 Å². The third-order valence-corrected chi connectivity index (χ3v) is 2.85. The summed E-state index contributed by atoms with van der Waals surface area (Å²) in [5.41, 5.74) is 2.01. The molecule has 0 fully saturated rings. The van der Waals surface area contributed by atoms with Crippen LogP contribution in [0.1, 0.15) is 23.1 Å². The molecule has 5 heteroatoms. The van der Waals surface area contributed by atoms with Gasteiger partial charge in [-0.2, -0.15) is 0 Å².